The van der Waals surface area contributed by atoms with E-state index in [1.54, 1.807) is 6.07 Å². The third-order valence-electron chi connectivity index (χ3n) is 3.78. The summed E-state index contributed by atoms with van der Waals surface area (Å²) in [7, 11) is 0. The standard InChI is InChI=1S/C14H19FN2O2/c15-12-8-11(2-3-13(12)16)9-17-5-1-4-14(10-17)18-6-7-19-14/h2-3,8H,1,4-7,9-10,16H2. The molecule has 0 aromatic heterocycles. The number of hydrogen-bond acceptors (Lipinski definition) is 4. The number of nitrogen functional groups attached to an aromatic ring is 1. The summed E-state index contributed by atoms with van der Waals surface area (Å²) in [5.41, 5.74) is 6.62. The van der Waals surface area contributed by atoms with E-state index in [1.165, 1.54) is 6.07 Å². The van der Waals surface area contributed by atoms with Crippen LogP contribution in [0, 0.1) is 5.82 Å². The molecule has 2 fully saturated rings. The molecule has 0 amide bonds. The van der Waals surface area contributed by atoms with Gasteiger partial charge in [0, 0.05) is 13.0 Å². The van der Waals surface area contributed by atoms with Crippen LogP contribution in [0.15, 0.2) is 18.2 Å². The molecule has 3 rings (SSSR count). The Bertz CT molecular complexity index is 461. The normalized spacial score (nSPS) is 23.0. The van der Waals surface area contributed by atoms with Crippen LogP contribution in [0.4, 0.5) is 10.1 Å². The van der Waals surface area contributed by atoms with E-state index in [0.29, 0.717) is 19.8 Å². The SMILES string of the molecule is Nc1ccc(CN2CCCC3(C2)OCCO3)cc1F. The van der Waals surface area contributed by atoms with Gasteiger partial charge in [0.2, 0.25) is 0 Å². The monoisotopic (exact) mass is 266 g/mol. The summed E-state index contributed by atoms with van der Waals surface area (Å²) in [6.45, 7) is 3.78. The maximum Gasteiger partial charge on any atom is 0.181 e. The number of likely N-dealkylation sites (tertiary alicyclic amines) is 1. The summed E-state index contributed by atoms with van der Waals surface area (Å²) < 4.78 is 24.9. The van der Waals surface area contributed by atoms with Crippen molar-refractivity contribution in [3.05, 3.63) is 29.6 Å². The van der Waals surface area contributed by atoms with Gasteiger partial charge in [0.25, 0.3) is 0 Å². The predicted molar refractivity (Wildman–Crippen MR) is 70.0 cm³/mol. The summed E-state index contributed by atoms with van der Waals surface area (Å²) in [5.74, 6) is -0.775. The van der Waals surface area contributed by atoms with E-state index >= 15 is 0 Å². The van der Waals surface area contributed by atoms with Gasteiger partial charge in [-0.2, -0.15) is 0 Å². The summed E-state index contributed by atoms with van der Waals surface area (Å²) >= 11 is 0. The Labute approximate surface area is 112 Å². The van der Waals surface area contributed by atoms with Crippen LogP contribution in [0.1, 0.15) is 18.4 Å². The number of piperidine rings is 1. The van der Waals surface area contributed by atoms with Crippen molar-refractivity contribution in [3.8, 4) is 0 Å². The average molecular weight is 266 g/mol. The van der Waals surface area contributed by atoms with Crippen LogP contribution in [0.25, 0.3) is 0 Å². The third kappa shape index (κ3) is 2.73. The molecule has 19 heavy (non-hydrogen) atoms. The molecule has 1 spiro atoms. The first-order valence-corrected chi connectivity index (χ1v) is 6.71. The van der Waals surface area contributed by atoms with Crippen molar-refractivity contribution in [2.24, 2.45) is 0 Å². The zero-order valence-electron chi connectivity index (χ0n) is 10.9. The maximum absolute atomic E-state index is 13.4. The van der Waals surface area contributed by atoms with Crippen LogP contribution in [0.5, 0.6) is 0 Å². The van der Waals surface area contributed by atoms with Crippen molar-refractivity contribution >= 4 is 5.69 Å². The van der Waals surface area contributed by atoms with E-state index < -0.39 is 5.79 Å². The minimum Gasteiger partial charge on any atom is -0.396 e. The van der Waals surface area contributed by atoms with Gasteiger partial charge in [-0.1, -0.05) is 6.07 Å². The lowest BCUT2D eigenvalue weighted by atomic mass is 10.0. The number of nitrogens with zero attached hydrogens (tertiary/aromatic N) is 1. The molecule has 0 atom stereocenters. The average Bonchev–Trinajstić information content (AvgIpc) is 2.82. The molecule has 4 nitrogen and oxygen atoms in total. The zero-order valence-corrected chi connectivity index (χ0v) is 10.9. The lowest BCUT2D eigenvalue weighted by Gasteiger charge is -2.38. The first-order valence-electron chi connectivity index (χ1n) is 6.71. The molecule has 2 N–H and O–H groups in total. The molecule has 2 aliphatic rings. The summed E-state index contributed by atoms with van der Waals surface area (Å²) in [4.78, 5) is 2.25. The lowest BCUT2D eigenvalue weighted by molar-refractivity contribution is -0.190. The fourth-order valence-electron chi connectivity index (χ4n) is 2.87. The highest BCUT2D eigenvalue weighted by Crippen LogP contribution is 2.30. The van der Waals surface area contributed by atoms with E-state index in [1.807, 2.05) is 6.07 Å². The van der Waals surface area contributed by atoms with E-state index in [2.05, 4.69) is 4.90 Å². The second-order valence-electron chi connectivity index (χ2n) is 5.28. The third-order valence-corrected chi connectivity index (χ3v) is 3.78. The Morgan fingerprint density at radius 3 is 2.84 bits per heavy atom. The fourth-order valence-corrected chi connectivity index (χ4v) is 2.87. The smallest absolute Gasteiger partial charge is 0.181 e. The summed E-state index contributed by atoms with van der Waals surface area (Å²) in [5, 5.41) is 0. The van der Waals surface area contributed by atoms with Gasteiger partial charge in [-0.05, 0) is 30.7 Å². The van der Waals surface area contributed by atoms with Crippen molar-refractivity contribution in [1.82, 2.24) is 4.90 Å². The molecule has 1 aromatic rings. The number of anilines is 1. The Hall–Kier alpha value is -1.17. The Morgan fingerprint density at radius 1 is 1.32 bits per heavy atom. The van der Waals surface area contributed by atoms with Crippen molar-refractivity contribution in [2.75, 3.05) is 32.0 Å². The van der Waals surface area contributed by atoms with Crippen LogP contribution in [-0.2, 0) is 16.0 Å². The van der Waals surface area contributed by atoms with E-state index in [4.69, 9.17) is 15.2 Å². The van der Waals surface area contributed by atoms with Gasteiger partial charge in [-0.3, -0.25) is 4.90 Å². The van der Waals surface area contributed by atoms with Gasteiger partial charge in [-0.15, -0.1) is 0 Å². The van der Waals surface area contributed by atoms with Crippen LogP contribution < -0.4 is 5.73 Å². The highest BCUT2D eigenvalue weighted by Gasteiger charge is 2.40. The van der Waals surface area contributed by atoms with Gasteiger partial charge in [0.05, 0.1) is 25.4 Å². The van der Waals surface area contributed by atoms with Crippen LogP contribution >= 0.6 is 0 Å². The molecular formula is C14H19FN2O2. The minimum absolute atomic E-state index is 0.196. The first kappa shape index (κ1) is 12.8. The topological polar surface area (TPSA) is 47.7 Å². The molecule has 0 aliphatic carbocycles. The molecule has 2 saturated heterocycles. The maximum atomic E-state index is 13.4. The lowest BCUT2D eigenvalue weighted by Crippen LogP contribution is -2.48. The number of hydrogen-bond donors (Lipinski definition) is 1. The molecule has 0 saturated carbocycles. The molecule has 104 valence electrons. The van der Waals surface area contributed by atoms with Crippen LogP contribution in [0.3, 0.4) is 0 Å². The first-order chi connectivity index (χ1) is 9.17. The van der Waals surface area contributed by atoms with Crippen LogP contribution in [-0.4, -0.2) is 37.0 Å². The van der Waals surface area contributed by atoms with Gasteiger partial charge in [0.15, 0.2) is 5.79 Å². The molecule has 0 bridgehead atoms. The van der Waals surface area contributed by atoms with Gasteiger partial charge in [-0.25, -0.2) is 4.39 Å². The largest absolute Gasteiger partial charge is 0.396 e. The summed E-state index contributed by atoms with van der Waals surface area (Å²) in [6, 6.07) is 5.00. The quantitative estimate of drug-likeness (QED) is 0.828. The van der Waals surface area contributed by atoms with E-state index in [9.17, 15) is 4.39 Å². The molecule has 1 aromatic carbocycles. The molecule has 5 heteroatoms. The van der Waals surface area contributed by atoms with Gasteiger partial charge in [0.1, 0.15) is 5.82 Å². The van der Waals surface area contributed by atoms with E-state index in [0.717, 1.165) is 31.5 Å². The molecule has 2 heterocycles. The Morgan fingerprint density at radius 2 is 2.11 bits per heavy atom. The Kier molecular flexibility index (Phi) is 3.43. The van der Waals surface area contributed by atoms with Crippen molar-refractivity contribution in [1.29, 1.82) is 0 Å². The van der Waals surface area contributed by atoms with Crippen molar-refractivity contribution in [2.45, 2.75) is 25.2 Å². The molecule has 0 radical (unpaired) electrons. The highest BCUT2D eigenvalue weighted by atomic mass is 19.1. The Balaban J connectivity index is 1.67. The number of nitrogens with two attached hydrogens (primary N) is 1. The summed E-state index contributed by atoms with van der Waals surface area (Å²) in [6.07, 6.45) is 1.98. The number of rotatable bonds is 2. The van der Waals surface area contributed by atoms with Crippen molar-refractivity contribution < 1.29 is 13.9 Å². The number of benzene rings is 1. The molecule has 2 aliphatic heterocycles. The molecule has 0 unspecified atom stereocenters. The van der Waals surface area contributed by atoms with Gasteiger partial charge >= 0.3 is 0 Å². The zero-order chi connectivity index (χ0) is 13.3. The fraction of sp³-hybridized carbons (Fsp3) is 0.571. The van der Waals surface area contributed by atoms with Gasteiger partial charge < -0.3 is 15.2 Å². The minimum atomic E-state index is -0.426. The van der Waals surface area contributed by atoms with E-state index in [-0.39, 0.29) is 11.5 Å². The highest BCUT2D eigenvalue weighted by molar-refractivity contribution is 5.41. The van der Waals surface area contributed by atoms with Crippen molar-refractivity contribution in [3.63, 3.8) is 0 Å². The molecular weight excluding hydrogens is 247 g/mol. The number of ether oxygens (including phenoxy) is 2. The second-order valence-corrected chi connectivity index (χ2v) is 5.28. The predicted octanol–water partition coefficient (Wildman–Crippen LogP) is 1.75. The van der Waals surface area contributed by atoms with Crippen LogP contribution in [0.2, 0.25) is 0 Å². The number of halogens is 1. The second kappa shape index (κ2) is 5.07.